The minimum atomic E-state index is -0.0996. The SMILES string of the molecule is CC(c1ccccc1F)N1CCC(c2nnc3n2CCC3)CC1. The Labute approximate surface area is 136 Å². The lowest BCUT2D eigenvalue weighted by atomic mass is 9.93. The second-order valence-corrected chi connectivity index (χ2v) is 6.74. The molecular formula is C18H23FN4. The molecule has 0 spiro atoms. The summed E-state index contributed by atoms with van der Waals surface area (Å²) in [5.41, 5.74) is 0.800. The van der Waals surface area contributed by atoms with Crippen LogP contribution in [0.2, 0.25) is 0 Å². The molecule has 1 fully saturated rings. The van der Waals surface area contributed by atoms with Gasteiger partial charge in [0.1, 0.15) is 17.5 Å². The van der Waals surface area contributed by atoms with Crippen LogP contribution in [0.5, 0.6) is 0 Å². The fraction of sp³-hybridized carbons (Fsp3) is 0.556. The summed E-state index contributed by atoms with van der Waals surface area (Å²) >= 11 is 0. The van der Waals surface area contributed by atoms with Gasteiger partial charge in [0.2, 0.25) is 0 Å². The molecule has 5 heteroatoms. The smallest absolute Gasteiger partial charge is 0.136 e. The first-order chi connectivity index (χ1) is 11.2. The fourth-order valence-electron chi connectivity index (χ4n) is 4.03. The second kappa shape index (κ2) is 6.04. The molecule has 0 N–H and O–H groups in total. The fourth-order valence-corrected chi connectivity index (χ4v) is 4.03. The Morgan fingerprint density at radius 2 is 1.91 bits per heavy atom. The molecule has 122 valence electrons. The topological polar surface area (TPSA) is 34.0 Å². The Morgan fingerprint density at radius 1 is 1.13 bits per heavy atom. The summed E-state index contributed by atoms with van der Waals surface area (Å²) in [6.45, 7) is 5.15. The third-order valence-corrected chi connectivity index (χ3v) is 5.44. The maximum atomic E-state index is 14.0. The minimum absolute atomic E-state index is 0.0996. The number of hydrogen-bond acceptors (Lipinski definition) is 3. The van der Waals surface area contributed by atoms with Crippen LogP contribution < -0.4 is 0 Å². The molecule has 0 amide bonds. The Hall–Kier alpha value is -1.75. The maximum Gasteiger partial charge on any atom is 0.136 e. The van der Waals surface area contributed by atoms with Crippen LogP contribution in [0.4, 0.5) is 4.39 Å². The number of nitrogens with zero attached hydrogens (tertiary/aromatic N) is 4. The van der Waals surface area contributed by atoms with E-state index in [0.717, 1.165) is 50.3 Å². The minimum Gasteiger partial charge on any atom is -0.315 e. The molecule has 1 saturated heterocycles. The Balaban J connectivity index is 1.44. The lowest BCUT2D eigenvalue weighted by molar-refractivity contribution is 0.156. The van der Waals surface area contributed by atoms with Crippen molar-refractivity contribution in [3.63, 3.8) is 0 Å². The highest BCUT2D eigenvalue weighted by atomic mass is 19.1. The zero-order valence-corrected chi connectivity index (χ0v) is 13.6. The highest BCUT2D eigenvalue weighted by Gasteiger charge is 2.30. The normalized spacial score (nSPS) is 20.6. The van der Waals surface area contributed by atoms with E-state index in [1.54, 1.807) is 12.1 Å². The highest BCUT2D eigenvalue weighted by Crippen LogP contribution is 2.33. The van der Waals surface area contributed by atoms with Gasteiger partial charge in [-0.15, -0.1) is 10.2 Å². The molecule has 3 heterocycles. The van der Waals surface area contributed by atoms with Crippen molar-refractivity contribution in [3.05, 3.63) is 47.3 Å². The molecule has 1 atom stereocenters. The largest absolute Gasteiger partial charge is 0.315 e. The number of benzene rings is 1. The van der Waals surface area contributed by atoms with Gasteiger partial charge in [0.05, 0.1) is 0 Å². The van der Waals surface area contributed by atoms with E-state index in [1.807, 2.05) is 12.1 Å². The number of hydrogen-bond donors (Lipinski definition) is 0. The van der Waals surface area contributed by atoms with E-state index < -0.39 is 0 Å². The first-order valence-corrected chi connectivity index (χ1v) is 8.64. The zero-order valence-electron chi connectivity index (χ0n) is 13.6. The van der Waals surface area contributed by atoms with Gasteiger partial charge in [0.25, 0.3) is 0 Å². The number of likely N-dealkylation sites (tertiary alicyclic amines) is 1. The molecule has 1 aromatic carbocycles. The highest BCUT2D eigenvalue weighted by molar-refractivity contribution is 5.21. The molecule has 4 rings (SSSR count). The van der Waals surface area contributed by atoms with Crippen LogP contribution in [0.3, 0.4) is 0 Å². The van der Waals surface area contributed by atoms with Crippen LogP contribution in [-0.4, -0.2) is 32.8 Å². The Morgan fingerprint density at radius 3 is 2.70 bits per heavy atom. The second-order valence-electron chi connectivity index (χ2n) is 6.74. The van der Waals surface area contributed by atoms with E-state index >= 15 is 0 Å². The van der Waals surface area contributed by atoms with Gasteiger partial charge >= 0.3 is 0 Å². The van der Waals surface area contributed by atoms with Crippen LogP contribution in [0.25, 0.3) is 0 Å². The van der Waals surface area contributed by atoms with Gasteiger partial charge in [-0.25, -0.2) is 4.39 Å². The van der Waals surface area contributed by atoms with Crippen molar-refractivity contribution in [2.24, 2.45) is 0 Å². The van der Waals surface area contributed by atoms with Crippen LogP contribution in [0, 0.1) is 5.82 Å². The van der Waals surface area contributed by atoms with Crippen molar-refractivity contribution >= 4 is 0 Å². The number of rotatable bonds is 3. The number of aromatic nitrogens is 3. The van der Waals surface area contributed by atoms with Crippen molar-refractivity contribution in [1.29, 1.82) is 0 Å². The molecule has 4 nitrogen and oxygen atoms in total. The van der Waals surface area contributed by atoms with Crippen molar-refractivity contribution < 1.29 is 4.39 Å². The van der Waals surface area contributed by atoms with Gasteiger partial charge in [0.15, 0.2) is 0 Å². The van der Waals surface area contributed by atoms with E-state index in [2.05, 4.69) is 26.6 Å². The van der Waals surface area contributed by atoms with Crippen molar-refractivity contribution in [3.8, 4) is 0 Å². The summed E-state index contributed by atoms with van der Waals surface area (Å²) in [7, 11) is 0. The van der Waals surface area contributed by atoms with Gasteiger partial charge < -0.3 is 4.57 Å². The lowest BCUT2D eigenvalue weighted by Gasteiger charge is -2.36. The molecule has 2 aromatic rings. The Bertz CT molecular complexity index is 688. The third-order valence-electron chi connectivity index (χ3n) is 5.44. The van der Waals surface area contributed by atoms with Crippen LogP contribution in [0.1, 0.15) is 55.4 Å². The first-order valence-electron chi connectivity index (χ1n) is 8.64. The summed E-state index contributed by atoms with van der Waals surface area (Å²) < 4.78 is 16.3. The molecule has 0 radical (unpaired) electrons. The van der Waals surface area contributed by atoms with Gasteiger partial charge in [0, 0.05) is 30.5 Å². The molecule has 1 unspecified atom stereocenters. The molecule has 0 saturated carbocycles. The first kappa shape index (κ1) is 14.8. The summed E-state index contributed by atoms with van der Waals surface area (Å²) in [6, 6.07) is 7.25. The average molecular weight is 314 g/mol. The number of fused-ring (bicyclic) bond motifs is 1. The molecule has 0 bridgehead atoms. The number of aryl methyl sites for hydroxylation is 1. The standard InChI is InChI=1S/C18H23FN4/c1-13(15-5-2-3-6-16(15)19)22-11-8-14(9-12-22)18-21-20-17-7-4-10-23(17)18/h2-3,5-6,13-14H,4,7-12H2,1H3. The quantitative estimate of drug-likeness (QED) is 0.871. The van der Waals surface area contributed by atoms with Gasteiger partial charge in [-0.05, 0) is 45.3 Å². The van der Waals surface area contributed by atoms with Crippen LogP contribution in [-0.2, 0) is 13.0 Å². The maximum absolute atomic E-state index is 14.0. The lowest BCUT2D eigenvalue weighted by Crippen LogP contribution is -2.36. The predicted octanol–water partition coefficient (Wildman–Crippen LogP) is 3.30. The van der Waals surface area contributed by atoms with Crippen LogP contribution in [0.15, 0.2) is 24.3 Å². The predicted molar refractivity (Wildman–Crippen MR) is 86.7 cm³/mol. The van der Waals surface area contributed by atoms with Gasteiger partial charge in [-0.2, -0.15) is 0 Å². The molecule has 0 aliphatic carbocycles. The van der Waals surface area contributed by atoms with E-state index in [9.17, 15) is 4.39 Å². The summed E-state index contributed by atoms with van der Waals surface area (Å²) in [5, 5.41) is 8.77. The average Bonchev–Trinajstić information content (AvgIpc) is 3.18. The summed E-state index contributed by atoms with van der Waals surface area (Å²) in [4.78, 5) is 2.39. The van der Waals surface area contributed by atoms with Crippen LogP contribution >= 0.6 is 0 Å². The number of piperidine rings is 1. The van der Waals surface area contributed by atoms with Crippen molar-refractivity contribution in [2.75, 3.05) is 13.1 Å². The third kappa shape index (κ3) is 2.67. The van der Waals surface area contributed by atoms with Gasteiger partial charge in [-0.1, -0.05) is 18.2 Å². The summed E-state index contributed by atoms with van der Waals surface area (Å²) in [5.74, 6) is 2.73. The molecular weight excluding hydrogens is 291 g/mol. The van der Waals surface area contributed by atoms with Crippen molar-refractivity contribution in [2.45, 2.75) is 51.1 Å². The monoisotopic (exact) mass is 314 g/mol. The van der Waals surface area contributed by atoms with E-state index in [-0.39, 0.29) is 11.9 Å². The Kier molecular flexibility index (Phi) is 3.89. The van der Waals surface area contributed by atoms with Gasteiger partial charge in [-0.3, -0.25) is 4.90 Å². The van der Waals surface area contributed by atoms with E-state index in [0.29, 0.717) is 5.92 Å². The van der Waals surface area contributed by atoms with E-state index in [4.69, 9.17) is 0 Å². The zero-order chi connectivity index (χ0) is 15.8. The van der Waals surface area contributed by atoms with Crippen molar-refractivity contribution in [1.82, 2.24) is 19.7 Å². The molecule has 2 aliphatic rings. The van der Waals surface area contributed by atoms with E-state index in [1.165, 1.54) is 12.2 Å². The molecule has 1 aromatic heterocycles. The molecule has 23 heavy (non-hydrogen) atoms. The number of halogens is 1. The molecule has 2 aliphatic heterocycles. The summed E-state index contributed by atoms with van der Waals surface area (Å²) in [6.07, 6.45) is 4.42.